The molecule has 3 heteroatoms. The van der Waals surface area contributed by atoms with Gasteiger partial charge in [-0.25, -0.2) is 0 Å². The molecule has 0 radical (unpaired) electrons. The number of carbonyl (C=O) groups is 1. The Morgan fingerprint density at radius 2 is 1.80 bits per heavy atom. The summed E-state index contributed by atoms with van der Waals surface area (Å²) in [6.45, 7) is 1.83. The molecule has 0 bridgehead atoms. The molecule has 2 aromatic rings. The Bertz CT molecular complexity index is 672. The summed E-state index contributed by atoms with van der Waals surface area (Å²) < 4.78 is 10.6. The molecule has 0 amide bonds. The molecule has 0 spiro atoms. The Morgan fingerprint density at radius 3 is 2.55 bits per heavy atom. The lowest BCUT2D eigenvalue weighted by atomic mass is 9.99. The van der Waals surface area contributed by atoms with E-state index in [4.69, 9.17) is 9.47 Å². The maximum absolute atomic E-state index is 11.9. The fourth-order valence-corrected chi connectivity index (χ4v) is 2.18. The Balaban J connectivity index is 2.01. The van der Waals surface area contributed by atoms with Crippen LogP contribution < -0.4 is 9.47 Å². The third-order valence-electron chi connectivity index (χ3n) is 3.17. The van der Waals surface area contributed by atoms with Crippen molar-refractivity contribution in [2.75, 3.05) is 6.79 Å². The third-order valence-corrected chi connectivity index (χ3v) is 3.17. The molecule has 100 valence electrons. The molecule has 1 aliphatic heterocycles. The molecule has 1 heterocycles. The molecule has 1 aliphatic rings. The van der Waals surface area contributed by atoms with Gasteiger partial charge in [-0.3, -0.25) is 4.79 Å². The molecule has 0 saturated carbocycles. The summed E-state index contributed by atoms with van der Waals surface area (Å²) in [7, 11) is 0. The number of fused-ring (bicyclic) bond motifs is 1. The highest BCUT2D eigenvalue weighted by molar-refractivity contribution is 6.24. The zero-order chi connectivity index (χ0) is 13.9. The van der Waals surface area contributed by atoms with Crippen molar-refractivity contribution in [3.63, 3.8) is 0 Å². The molecule has 0 aliphatic carbocycles. The van der Waals surface area contributed by atoms with Crippen LogP contribution in [0.1, 0.15) is 18.1 Å². The molecule has 0 unspecified atom stereocenters. The summed E-state index contributed by atoms with van der Waals surface area (Å²) in [6, 6.07) is 15.3. The van der Waals surface area contributed by atoms with Crippen molar-refractivity contribution in [2.24, 2.45) is 0 Å². The van der Waals surface area contributed by atoms with E-state index in [0.29, 0.717) is 5.57 Å². The molecule has 0 saturated heterocycles. The van der Waals surface area contributed by atoms with Gasteiger partial charge in [0.2, 0.25) is 6.79 Å². The van der Waals surface area contributed by atoms with Gasteiger partial charge < -0.3 is 9.47 Å². The van der Waals surface area contributed by atoms with Crippen LogP contribution in [-0.4, -0.2) is 12.6 Å². The minimum atomic E-state index is 0.0360. The lowest BCUT2D eigenvalue weighted by molar-refractivity contribution is -0.111. The van der Waals surface area contributed by atoms with Crippen LogP contribution in [0.5, 0.6) is 11.5 Å². The zero-order valence-electron chi connectivity index (χ0n) is 11.1. The van der Waals surface area contributed by atoms with Crippen LogP contribution in [0.2, 0.25) is 0 Å². The Morgan fingerprint density at radius 1 is 1.05 bits per heavy atom. The number of rotatable bonds is 3. The number of ether oxygens (including phenoxy) is 2. The molecule has 2 aromatic carbocycles. The SMILES string of the molecule is CC(=O)/C(=C/c1ccc2c(c1)OCO2)c1ccccc1. The van der Waals surface area contributed by atoms with Crippen molar-refractivity contribution in [2.45, 2.75) is 6.92 Å². The summed E-state index contributed by atoms with van der Waals surface area (Å²) >= 11 is 0. The van der Waals surface area contributed by atoms with E-state index < -0.39 is 0 Å². The highest BCUT2D eigenvalue weighted by Gasteiger charge is 2.13. The van der Waals surface area contributed by atoms with Gasteiger partial charge in [0.1, 0.15) is 0 Å². The van der Waals surface area contributed by atoms with E-state index in [9.17, 15) is 4.79 Å². The molecule has 3 nitrogen and oxygen atoms in total. The molecular formula is C17H14O3. The number of benzene rings is 2. The van der Waals surface area contributed by atoms with Crippen molar-refractivity contribution < 1.29 is 14.3 Å². The summed E-state index contributed by atoms with van der Waals surface area (Å²) in [5.74, 6) is 1.50. The number of carbonyl (C=O) groups excluding carboxylic acids is 1. The number of hydrogen-bond donors (Lipinski definition) is 0. The zero-order valence-corrected chi connectivity index (χ0v) is 11.1. The second-order valence-corrected chi connectivity index (χ2v) is 4.59. The fraction of sp³-hybridized carbons (Fsp3) is 0.118. The summed E-state index contributed by atoms with van der Waals surface area (Å²) in [5.41, 5.74) is 2.52. The first-order valence-electron chi connectivity index (χ1n) is 6.42. The van der Waals surface area contributed by atoms with Crippen LogP contribution in [-0.2, 0) is 4.79 Å². The molecule has 0 fully saturated rings. The molecule has 3 rings (SSSR count). The van der Waals surface area contributed by atoms with Gasteiger partial charge in [0.05, 0.1) is 0 Å². The average Bonchev–Trinajstić information content (AvgIpc) is 2.93. The normalized spacial score (nSPS) is 13.3. The van der Waals surface area contributed by atoms with Gasteiger partial charge in [0, 0.05) is 5.57 Å². The van der Waals surface area contributed by atoms with Crippen LogP contribution in [0.25, 0.3) is 11.6 Å². The van der Waals surface area contributed by atoms with E-state index in [1.807, 2.05) is 54.6 Å². The largest absolute Gasteiger partial charge is 0.454 e. The van der Waals surface area contributed by atoms with Gasteiger partial charge in [0.25, 0.3) is 0 Å². The van der Waals surface area contributed by atoms with E-state index in [0.717, 1.165) is 22.6 Å². The molecule has 0 aromatic heterocycles. The standard InChI is InChI=1S/C17H14O3/c1-12(18)15(14-5-3-2-4-6-14)9-13-7-8-16-17(10-13)20-11-19-16/h2-10H,11H2,1H3/b15-9-. The number of allylic oxidation sites excluding steroid dienone is 1. The van der Waals surface area contributed by atoms with Gasteiger partial charge in [-0.1, -0.05) is 36.4 Å². The van der Waals surface area contributed by atoms with E-state index in [1.54, 1.807) is 6.92 Å². The van der Waals surface area contributed by atoms with E-state index in [1.165, 1.54) is 0 Å². The van der Waals surface area contributed by atoms with Gasteiger partial charge in [-0.05, 0) is 36.3 Å². The quantitative estimate of drug-likeness (QED) is 0.629. The summed E-state index contributed by atoms with van der Waals surface area (Å²) in [4.78, 5) is 11.9. The van der Waals surface area contributed by atoms with Crippen molar-refractivity contribution in [1.29, 1.82) is 0 Å². The first-order valence-corrected chi connectivity index (χ1v) is 6.42. The first kappa shape index (κ1) is 12.5. The van der Waals surface area contributed by atoms with Crippen LogP contribution in [0.15, 0.2) is 48.5 Å². The van der Waals surface area contributed by atoms with Crippen LogP contribution in [0, 0.1) is 0 Å². The van der Waals surface area contributed by atoms with Crippen LogP contribution >= 0.6 is 0 Å². The maximum Gasteiger partial charge on any atom is 0.231 e. The number of hydrogen-bond acceptors (Lipinski definition) is 3. The second-order valence-electron chi connectivity index (χ2n) is 4.59. The van der Waals surface area contributed by atoms with E-state index in [-0.39, 0.29) is 12.6 Å². The lowest BCUT2D eigenvalue weighted by Crippen LogP contribution is -1.95. The van der Waals surface area contributed by atoms with Crippen molar-refractivity contribution in [3.05, 3.63) is 59.7 Å². The van der Waals surface area contributed by atoms with E-state index >= 15 is 0 Å². The second kappa shape index (κ2) is 5.21. The summed E-state index contributed by atoms with van der Waals surface area (Å²) in [5, 5.41) is 0. The maximum atomic E-state index is 11.9. The predicted octanol–water partition coefficient (Wildman–Crippen LogP) is 3.54. The van der Waals surface area contributed by atoms with Gasteiger partial charge in [0.15, 0.2) is 17.3 Å². The molecular weight excluding hydrogens is 252 g/mol. The van der Waals surface area contributed by atoms with Crippen molar-refractivity contribution in [1.82, 2.24) is 0 Å². The molecule has 0 atom stereocenters. The Hall–Kier alpha value is -2.55. The monoisotopic (exact) mass is 266 g/mol. The van der Waals surface area contributed by atoms with Crippen LogP contribution in [0.4, 0.5) is 0 Å². The average molecular weight is 266 g/mol. The predicted molar refractivity (Wildman–Crippen MR) is 77.6 cm³/mol. The highest BCUT2D eigenvalue weighted by atomic mass is 16.7. The minimum Gasteiger partial charge on any atom is -0.454 e. The highest BCUT2D eigenvalue weighted by Crippen LogP contribution is 2.33. The van der Waals surface area contributed by atoms with Gasteiger partial charge in [-0.15, -0.1) is 0 Å². The van der Waals surface area contributed by atoms with E-state index in [2.05, 4.69) is 0 Å². The lowest BCUT2D eigenvalue weighted by Gasteiger charge is -2.05. The number of Topliss-reactive ketones (excluding diaryl/α,β-unsaturated/α-hetero) is 1. The molecule has 20 heavy (non-hydrogen) atoms. The van der Waals surface area contributed by atoms with Gasteiger partial charge >= 0.3 is 0 Å². The fourth-order valence-electron chi connectivity index (χ4n) is 2.18. The minimum absolute atomic E-state index is 0.0360. The Labute approximate surface area is 117 Å². The smallest absolute Gasteiger partial charge is 0.231 e. The van der Waals surface area contributed by atoms with Crippen LogP contribution in [0.3, 0.4) is 0 Å². The summed E-state index contributed by atoms with van der Waals surface area (Å²) in [6.07, 6.45) is 1.87. The molecule has 0 N–H and O–H groups in total. The van der Waals surface area contributed by atoms with Crippen molar-refractivity contribution >= 4 is 17.4 Å². The first-order chi connectivity index (χ1) is 9.74. The van der Waals surface area contributed by atoms with Gasteiger partial charge in [-0.2, -0.15) is 0 Å². The number of ketones is 1. The Kier molecular flexibility index (Phi) is 3.25. The van der Waals surface area contributed by atoms with Crippen molar-refractivity contribution in [3.8, 4) is 11.5 Å². The topological polar surface area (TPSA) is 35.5 Å². The third kappa shape index (κ3) is 2.43.